The third-order valence-electron chi connectivity index (χ3n) is 4.92. The summed E-state index contributed by atoms with van der Waals surface area (Å²) in [6.07, 6.45) is 0.991. The minimum atomic E-state index is -3.65. The summed E-state index contributed by atoms with van der Waals surface area (Å²) in [6.45, 7) is 5.48. The topological polar surface area (TPSA) is 49.4 Å². The Labute approximate surface area is 164 Å². The van der Waals surface area contributed by atoms with E-state index in [-0.39, 0.29) is 0 Å². The molecule has 0 spiro atoms. The molecule has 4 nitrogen and oxygen atoms in total. The molecule has 0 atom stereocenters. The van der Waals surface area contributed by atoms with Crippen LogP contribution in [0.15, 0.2) is 58.8 Å². The normalized spacial score (nSPS) is 14.1. The van der Waals surface area contributed by atoms with Crippen molar-refractivity contribution in [3.63, 3.8) is 0 Å². The Bertz CT molecular complexity index is 1090. The fourth-order valence-corrected chi connectivity index (χ4v) is 5.78. The lowest BCUT2D eigenvalue weighted by Crippen LogP contribution is -2.30. The van der Waals surface area contributed by atoms with Gasteiger partial charge in [-0.2, -0.15) is 0 Å². The molecule has 0 radical (unpaired) electrons. The van der Waals surface area contributed by atoms with Gasteiger partial charge in [0.1, 0.15) is 0 Å². The van der Waals surface area contributed by atoms with Crippen molar-refractivity contribution in [2.45, 2.75) is 31.7 Å². The predicted octanol–water partition coefficient (Wildman–Crippen LogP) is 4.73. The first-order valence-corrected chi connectivity index (χ1v) is 11.3. The van der Waals surface area contributed by atoms with E-state index < -0.39 is 10.0 Å². The summed E-state index contributed by atoms with van der Waals surface area (Å²) in [5, 5.41) is 2.13. The molecular formula is C21H22N2O2S2. The number of rotatable bonds is 4. The van der Waals surface area contributed by atoms with Gasteiger partial charge in [-0.1, -0.05) is 29.8 Å². The van der Waals surface area contributed by atoms with Crippen molar-refractivity contribution in [1.29, 1.82) is 0 Å². The van der Waals surface area contributed by atoms with Gasteiger partial charge >= 0.3 is 0 Å². The number of benzene rings is 2. The molecule has 1 aliphatic rings. The van der Waals surface area contributed by atoms with Crippen LogP contribution < -0.4 is 9.62 Å². The maximum absolute atomic E-state index is 13.0. The van der Waals surface area contributed by atoms with Crippen LogP contribution in [0.5, 0.6) is 0 Å². The van der Waals surface area contributed by atoms with Crippen molar-refractivity contribution in [1.82, 2.24) is 0 Å². The summed E-state index contributed by atoms with van der Waals surface area (Å²) < 4.78 is 28.8. The summed E-state index contributed by atoms with van der Waals surface area (Å²) in [5.41, 5.74) is 4.67. The van der Waals surface area contributed by atoms with Crippen molar-refractivity contribution in [3.8, 4) is 0 Å². The minimum absolute atomic E-state index is 0.321. The van der Waals surface area contributed by atoms with Crippen molar-refractivity contribution in [2.75, 3.05) is 16.2 Å². The van der Waals surface area contributed by atoms with Gasteiger partial charge in [-0.05, 0) is 61.0 Å². The molecule has 4 rings (SSSR count). The van der Waals surface area contributed by atoms with E-state index in [0.717, 1.165) is 36.3 Å². The number of anilines is 2. The summed E-state index contributed by atoms with van der Waals surface area (Å²) in [4.78, 5) is 4.00. The smallest absolute Gasteiger partial charge is 0.262 e. The van der Waals surface area contributed by atoms with Crippen LogP contribution in [-0.2, 0) is 23.0 Å². The highest BCUT2D eigenvalue weighted by Gasteiger charge is 2.23. The summed E-state index contributed by atoms with van der Waals surface area (Å²) in [7, 11) is -3.65. The number of hydrogen-bond acceptors (Lipinski definition) is 4. The lowest BCUT2D eigenvalue weighted by molar-refractivity contribution is 0.600. The van der Waals surface area contributed by atoms with Crippen LogP contribution in [-0.4, -0.2) is 15.0 Å². The molecule has 1 N–H and O–H groups in total. The number of nitrogens with zero attached hydrogens (tertiary/aromatic N) is 1. The number of aryl methyl sites for hydroxylation is 2. The second-order valence-corrected chi connectivity index (χ2v) is 9.58. The monoisotopic (exact) mass is 398 g/mol. The van der Waals surface area contributed by atoms with Gasteiger partial charge in [0.15, 0.2) is 0 Å². The number of thiophene rings is 1. The van der Waals surface area contributed by atoms with Crippen LogP contribution in [0.2, 0.25) is 0 Å². The van der Waals surface area contributed by atoms with E-state index in [1.807, 2.05) is 50.2 Å². The van der Waals surface area contributed by atoms with Gasteiger partial charge in [0.25, 0.3) is 10.0 Å². The molecule has 27 heavy (non-hydrogen) atoms. The van der Waals surface area contributed by atoms with Gasteiger partial charge in [-0.25, -0.2) is 8.42 Å². The second-order valence-electron chi connectivity index (χ2n) is 6.93. The zero-order valence-corrected chi connectivity index (χ0v) is 17.0. The molecule has 1 aliphatic heterocycles. The molecule has 0 fully saturated rings. The molecule has 0 amide bonds. The largest absolute Gasteiger partial charge is 0.365 e. The Kier molecular flexibility index (Phi) is 4.70. The first kappa shape index (κ1) is 18.1. The molecule has 0 aliphatic carbocycles. The van der Waals surface area contributed by atoms with E-state index in [1.54, 1.807) is 17.4 Å². The molecule has 3 aromatic rings. The summed E-state index contributed by atoms with van der Waals surface area (Å²) in [6, 6.07) is 15.2. The Morgan fingerprint density at radius 2 is 1.89 bits per heavy atom. The lowest BCUT2D eigenvalue weighted by atomic mass is 10.1. The maximum atomic E-state index is 13.0. The molecule has 0 unspecified atom stereocenters. The van der Waals surface area contributed by atoms with E-state index in [9.17, 15) is 8.42 Å². The second kappa shape index (κ2) is 7.02. The molecule has 0 saturated heterocycles. The molecular weight excluding hydrogens is 376 g/mol. The fraction of sp³-hybridized carbons (Fsp3) is 0.238. The van der Waals surface area contributed by atoms with Crippen LogP contribution in [0.1, 0.15) is 21.6 Å². The quantitative estimate of drug-likeness (QED) is 0.691. The molecule has 2 heterocycles. The van der Waals surface area contributed by atoms with Crippen molar-refractivity contribution < 1.29 is 8.42 Å². The summed E-state index contributed by atoms with van der Waals surface area (Å²) in [5.74, 6) is 0. The van der Waals surface area contributed by atoms with Gasteiger partial charge in [0, 0.05) is 18.0 Å². The maximum Gasteiger partial charge on any atom is 0.262 e. The minimum Gasteiger partial charge on any atom is -0.365 e. The van der Waals surface area contributed by atoms with Gasteiger partial charge in [-0.3, -0.25) is 4.72 Å². The first-order valence-electron chi connectivity index (χ1n) is 8.93. The number of hydrogen-bond donors (Lipinski definition) is 1. The van der Waals surface area contributed by atoms with E-state index >= 15 is 0 Å². The van der Waals surface area contributed by atoms with Crippen molar-refractivity contribution in [3.05, 3.63) is 75.5 Å². The van der Waals surface area contributed by atoms with E-state index in [1.165, 1.54) is 10.4 Å². The number of fused-ring (bicyclic) bond motifs is 1. The third kappa shape index (κ3) is 3.59. The molecule has 1 aromatic heterocycles. The predicted molar refractivity (Wildman–Crippen MR) is 112 cm³/mol. The van der Waals surface area contributed by atoms with E-state index in [0.29, 0.717) is 10.6 Å². The fourth-order valence-electron chi connectivity index (χ4n) is 3.59. The lowest BCUT2D eigenvalue weighted by Gasteiger charge is -2.30. The van der Waals surface area contributed by atoms with Gasteiger partial charge < -0.3 is 4.90 Å². The zero-order chi connectivity index (χ0) is 19.0. The number of nitrogens with one attached hydrogen (secondary N) is 1. The molecule has 0 bridgehead atoms. The van der Waals surface area contributed by atoms with E-state index in [4.69, 9.17) is 0 Å². The Balaban J connectivity index is 1.66. The highest BCUT2D eigenvalue weighted by atomic mass is 32.2. The molecule has 140 valence electrons. The Hall–Kier alpha value is -2.31. The highest BCUT2D eigenvalue weighted by Crippen LogP contribution is 2.33. The van der Waals surface area contributed by atoms with E-state index in [2.05, 4.69) is 21.1 Å². The number of para-hydroxylation sites is 2. The van der Waals surface area contributed by atoms with Crippen molar-refractivity contribution in [2.24, 2.45) is 0 Å². The van der Waals surface area contributed by atoms with Crippen LogP contribution in [0.25, 0.3) is 0 Å². The summed E-state index contributed by atoms with van der Waals surface area (Å²) >= 11 is 1.80. The molecule has 2 aromatic carbocycles. The standard InChI is InChI=1S/C21H22N2O2S2/c1-15-7-8-21(16(2)13-15)27(24,25)22-18-5-3-4-6-19(18)23-11-9-20-17(14-23)10-12-26-20/h3-8,10,12-13,22H,9,11,14H2,1-2H3. The molecule has 6 heteroatoms. The Morgan fingerprint density at radius 3 is 2.70 bits per heavy atom. The zero-order valence-electron chi connectivity index (χ0n) is 15.4. The van der Waals surface area contributed by atoms with Gasteiger partial charge in [-0.15, -0.1) is 11.3 Å². The van der Waals surface area contributed by atoms with Crippen molar-refractivity contribution >= 4 is 32.7 Å². The number of sulfonamides is 1. The molecule has 0 saturated carbocycles. The van der Waals surface area contributed by atoms with Gasteiger partial charge in [0.05, 0.1) is 16.3 Å². The first-order chi connectivity index (χ1) is 12.9. The average molecular weight is 399 g/mol. The van der Waals surface area contributed by atoms with Gasteiger partial charge in [0.2, 0.25) is 0 Å². The van der Waals surface area contributed by atoms with Crippen LogP contribution in [0, 0.1) is 13.8 Å². The Morgan fingerprint density at radius 1 is 1.07 bits per heavy atom. The highest BCUT2D eigenvalue weighted by molar-refractivity contribution is 7.92. The van der Waals surface area contributed by atoms with Crippen LogP contribution >= 0.6 is 11.3 Å². The third-order valence-corrected chi connectivity index (χ3v) is 7.47. The average Bonchev–Trinajstić information content (AvgIpc) is 3.09. The van der Waals surface area contributed by atoms with Crippen LogP contribution in [0.3, 0.4) is 0 Å². The SMILES string of the molecule is Cc1ccc(S(=O)(=O)Nc2ccccc2N2CCc3sccc3C2)c(C)c1. The van der Waals surface area contributed by atoms with Crippen LogP contribution in [0.4, 0.5) is 11.4 Å².